The van der Waals surface area contributed by atoms with E-state index in [4.69, 9.17) is 0 Å². The van der Waals surface area contributed by atoms with Gasteiger partial charge in [0, 0.05) is 24.0 Å². The van der Waals surface area contributed by atoms with Crippen LogP contribution in [0, 0.1) is 20.8 Å². The van der Waals surface area contributed by atoms with Gasteiger partial charge in [0.25, 0.3) is 0 Å². The molecule has 0 radical (unpaired) electrons. The van der Waals surface area contributed by atoms with Gasteiger partial charge in [-0.05, 0) is 44.4 Å². The monoisotopic (exact) mass is 270 g/mol. The summed E-state index contributed by atoms with van der Waals surface area (Å²) in [6.07, 6.45) is 1.07. The molecule has 1 heterocycles. The fourth-order valence-corrected chi connectivity index (χ4v) is 1.98. The first kappa shape index (κ1) is 14.3. The van der Waals surface area contributed by atoms with Gasteiger partial charge in [-0.3, -0.25) is 0 Å². The third kappa shape index (κ3) is 3.47. The van der Waals surface area contributed by atoms with Crippen molar-refractivity contribution in [3.63, 3.8) is 0 Å². The highest BCUT2D eigenvalue weighted by atomic mass is 15.1. The van der Waals surface area contributed by atoms with E-state index >= 15 is 0 Å². The first-order chi connectivity index (χ1) is 9.60. The van der Waals surface area contributed by atoms with Gasteiger partial charge in [0.05, 0.1) is 0 Å². The summed E-state index contributed by atoms with van der Waals surface area (Å²) in [4.78, 5) is 8.95. The number of rotatable bonds is 5. The molecule has 1 aromatic heterocycles. The number of aromatic nitrogens is 2. The summed E-state index contributed by atoms with van der Waals surface area (Å²) >= 11 is 0. The summed E-state index contributed by atoms with van der Waals surface area (Å²) in [5.74, 6) is 1.50. The van der Waals surface area contributed by atoms with Crippen LogP contribution in [0.1, 0.15) is 30.2 Å². The number of hydrogen-bond donors (Lipinski definition) is 2. The zero-order valence-electron chi connectivity index (χ0n) is 12.6. The lowest BCUT2D eigenvalue weighted by atomic mass is 10.1. The molecule has 0 amide bonds. The summed E-state index contributed by atoms with van der Waals surface area (Å²) in [6.45, 7) is 9.23. The molecule has 0 unspecified atom stereocenters. The highest BCUT2D eigenvalue weighted by Gasteiger charge is 2.05. The molecule has 0 aliphatic heterocycles. The Balaban J connectivity index is 2.24. The topological polar surface area (TPSA) is 49.8 Å². The highest BCUT2D eigenvalue weighted by Crippen LogP contribution is 2.21. The number of nitrogens with one attached hydrogen (secondary N) is 2. The summed E-state index contributed by atoms with van der Waals surface area (Å²) in [5, 5.41) is 6.60. The van der Waals surface area contributed by atoms with Gasteiger partial charge < -0.3 is 10.6 Å². The minimum Gasteiger partial charge on any atom is -0.370 e. The average molecular weight is 270 g/mol. The summed E-state index contributed by atoms with van der Waals surface area (Å²) in [7, 11) is 0. The van der Waals surface area contributed by atoms with E-state index in [0.717, 1.165) is 30.2 Å². The normalized spacial score (nSPS) is 10.4. The smallest absolute Gasteiger partial charge is 0.229 e. The number of anilines is 3. The second kappa shape index (κ2) is 6.37. The quantitative estimate of drug-likeness (QED) is 0.863. The molecule has 0 atom stereocenters. The van der Waals surface area contributed by atoms with Gasteiger partial charge in [0.1, 0.15) is 5.82 Å². The molecule has 2 N–H and O–H groups in total. The van der Waals surface area contributed by atoms with Crippen LogP contribution in [-0.4, -0.2) is 16.5 Å². The van der Waals surface area contributed by atoms with Gasteiger partial charge in [-0.15, -0.1) is 0 Å². The van der Waals surface area contributed by atoms with Crippen LogP contribution in [0.3, 0.4) is 0 Å². The third-order valence-corrected chi connectivity index (χ3v) is 3.26. The van der Waals surface area contributed by atoms with Crippen molar-refractivity contribution in [3.8, 4) is 0 Å². The molecular formula is C16H22N4. The number of nitrogens with zero attached hydrogens (tertiary/aromatic N) is 2. The fraction of sp³-hybridized carbons (Fsp3) is 0.375. The van der Waals surface area contributed by atoms with Crippen LogP contribution in [0.15, 0.2) is 24.3 Å². The van der Waals surface area contributed by atoms with Crippen LogP contribution < -0.4 is 10.6 Å². The van der Waals surface area contributed by atoms with E-state index in [-0.39, 0.29) is 0 Å². The van der Waals surface area contributed by atoms with E-state index < -0.39 is 0 Å². The molecular weight excluding hydrogens is 248 g/mol. The largest absolute Gasteiger partial charge is 0.370 e. The second-order valence-electron chi connectivity index (χ2n) is 5.02. The number of hydrogen-bond acceptors (Lipinski definition) is 4. The van der Waals surface area contributed by atoms with E-state index in [1.54, 1.807) is 0 Å². The molecule has 0 spiro atoms. The van der Waals surface area contributed by atoms with Crippen molar-refractivity contribution < 1.29 is 0 Å². The van der Waals surface area contributed by atoms with E-state index in [1.807, 2.05) is 25.1 Å². The lowest BCUT2D eigenvalue weighted by molar-refractivity contribution is 0.962. The fourth-order valence-electron chi connectivity index (χ4n) is 1.98. The van der Waals surface area contributed by atoms with Crippen molar-refractivity contribution in [2.24, 2.45) is 0 Å². The maximum Gasteiger partial charge on any atom is 0.229 e. The molecule has 4 heteroatoms. The Morgan fingerprint density at radius 3 is 2.65 bits per heavy atom. The van der Waals surface area contributed by atoms with Gasteiger partial charge in [-0.25, -0.2) is 4.98 Å². The molecule has 2 aromatic rings. The lowest BCUT2D eigenvalue weighted by Crippen LogP contribution is -2.06. The van der Waals surface area contributed by atoms with Crippen molar-refractivity contribution >= 4 is 17.5 Å². The minimum atomic E-state index is 0.636. The Labute approximate surface area is 120 Å². The van der Waals surface area contributed by atoms with Gasteiger partial charge in [0.2, 0.25) is 5.95 Å². The summed E-state index contributed by atoms with van der Waals surface area (Å²) in [6, 6.07) is 8.15. The molecule has 0 fully saturated rings. The van der Waals surface area contributed by atoms with Crippen LogP contribution in [0.5, 0.6) is 0 Å². The summed E-state index contributed by atoms with van der Waals surface area (Å²) in [5.41, 5.74) is 4.48. The minimum absolute atomic E-state index is 0.636. The van der Waals surface area contributed by atoms with Crippen LogP contribution in [-0.2, 0) is 0 Å². The van der Waals surface area contributed by atoms with E-state index in [0.29, 0.717) is 5.95 Å². The maximum atomic E-state index is 4.50. The van der Waals surface area contributed by atoms with Crippen molar-refractivity contribution in [1.82, 2.24) is 9.97 Å². The van der Waals surface area contributed by atoms with Crippen molar-refractivity contribution in [3.05, 3.63) is 41.1 Å². The Bertz CT molecular complexity index is 593. The Morgan fingerprint density at radius 2 is 1.90 bits per heavy atom. The first-order valence-corrected chi connectivity index (χ1v) is 7.03. The molecule has 4 nitrogen and oxygen atoms in total. The predicted octanol–water partition coefficient (Wildman–Crippen LogP) is 3.97. The molecule has 0 saturated carbocycles. The molecule has 0 saturated heterocycles. The van der Waals surface area contributed by atoms with Crippen molar-refractivity contribution in [2.75, 3.05) is 17.2 Å². The Morgan fingerprint density at radius 1 is 1.10 bits per heavy atom. The van der Waals surface area contributed by atoms with Crippen molar-refractivity contribution in [1.29, 1.82) is 0 Å². The van der Waals surface area contributed by atoms with E-state index in [9.17, 15) is 0 Å². The van der Waals surface area contributed by atoms with E-state index in [1.165, 1.54) is 11.1 Å². The molecule has 0 aliphatic rings. The lowest BCUT2D eigenvalue weighted by Gasteiger charge is -2.12. The molecule has 106 valence electrons. The average Bonchev–Trinajstić information content (AvgIpc) is 2.41. The highest BCUT2D eigenvalue weighted by molar-refractivity contribution is 5.61. The third-order valence-electron chi connectivity index (χ3n) is 3.26. The van der Waals surface area contributed by atoms with Crippen LogP contribution >= 0.6 is 0 Å². The Kier molecular flexibility index (Phi) is 4.56. The van der Waals surface area contributed by atoms with E-state index in [2.05, 4.69) is 47.4 Å². The predicted molar refractivity (Wildman–Crippen MR) is 84.7 cm³/mol. The van der Waals surface area contributed by atoms with Gasteiger partial charge in [-0.2, -0.15) is 4.98 Å². The molecule has 20 heavy (non-hydrogen) atoms. The van der Waals surface area contributed by atoms with Gasteiger partial charge in [-0.1, -0.05) is 19.1 Å². The molecule has 0 bridgehead atoms. The van der Waals surface area contributed by atoms with Crippen LogP contribution in [0.4, 0.5) is 17.5 Å². The van der Waals surface area contributed by atoms with Gasteiger partial charge in [0.15, 0.2) is 0 Å². The number of benzene rings is 1. The van der Waals surface area contributed by atoms with Crippen molar-refractivity contribution in [2.45, 2.75) is 34.1 Å². The first-order valence-electron chi connectivity index (χ1n) is 7.03. The van der Waals surface area contributed by atoms with Crippen LogP contribution in [0.2, 0.25) is 0 Å². The zero-order valence-corrected chi connectivity index (χ0v) is 12.6. The SMILES string of the molecule is CCCNc1cc(C)nc(Nc2cccc(C)c2C)n1. The zero-order chi connectivity index (χ0) is 14.5. The second-order valence-corrected chi connectivity index (χ2v) is 5.02. The van der Waals surface area contributed by atoms with Gasteiger partial charge >= 0.3 is 0 Å². The number of aryl methyl sites for hydroxylation is 2. The molecule has 0 aliphatic carbocycles. The maximum absolute atomic E-state index is 4.50. The van der Waals surface area contributed by atoms with Crippen LogP contribution in [0.25, 0.3) is 0 Å². The standard InChI is InChI=1S/C16H22N4/c1-5-9-17-15-10-12(3)18-16(20-15)19-14-8-6-7-11(2)13(14)4/h6-8,10H,5,9H2,1-4H3,(H2,17,18,19,20). The summed E-state index contributed by atoms with van der Waals surface area (Å²) < 4.78 is 0. The molecule has 2 rings (SSSR count). The molecule has 1 aromatic carbocycles. The Hall–Kier alpha value is -2.10.